The van der Waals surface area contributed by atoms with Gasteiger partial charge in [0.25, 0.3) is 0 Å². The van der Waals surface area contributed by atoms with Gasteiger partial charge in [0.1, 0.15) is 73.2 Å². The molecule has 0 bridgehead atoms. The van der Waals surface area contributed by atoms with E-state index in [4.69, 9.17) is 28.4 Å². The van der Waals surface area contributed by atoms with Crippen LogP contribution in [-0.2, 0) is 33.2 Å². The van der Waals surface area contributed by atoms with Crippen molar-refractivity contribution in [3.8, 4) is 0 Å². The minimum absolute atomic E-state index is 0.114. The van der Waals surface area contributed by atoms with Crippen molar-refractivity contribution < 1.29 is 89.4 Å². The molecule has 3 heterocycles. The predicted molar refractivity (Wildman–Crippen MR) is 304 cm³/mol. The molecule has 0 aromatic carbocycles. The Morgan fingerprint density at radius 3 is 1.32 bits per heavy atom. The number of rotatable bonds is 42. The SMILES string of the molecule is CC/C=C\C/C=C\C/C=C\C/C=C\C/C=C\C/C=C\CCC(=O)NC(COC1OC(CO)C(OC2OC(CO)C(OC3OC(CO)C(O)C(O)C3O)C(O)C2O)C(O)C1O)C(O)/C=C/CCCCCCCCCCCCCCCC. The summed E-state index contributed by atoms with van der Waals surface area (Å²) in [5.41, 5.74) is 0. The Morgan fingerprint density at radius 1 is 0.463 bits per heavy atom. The molecule has 3 aliphatic heterocycles. The number of hydrogen-bond donors (Lipinski definition) is 12. The molecule has 3 saturated heterocycles. The fourth-order valence-corrected chi connectivity index (χ4v) is 9.56. The number of carbonyl (C=O) groups excluding carboxylic acids is 1. The molecular formula is C61H103NO18. The number of nitrogens with one attached hydrogen (secondary N) is 1. The summed E-state index contributed by atoms with van der Waals surface area (Å²) >= 11 is 0. The van der Waals surface area contributed by atoms with Crippen LogP contribution in [0.5, 0.6) is 0 Å². The zero-order valence-corrected chi connectivity index (χ0v) is 47.8. The van der Waals surface area contributed by atoms with Gasteiger partial charge in [-0.2, -0.15) is 0 Å². The molecule has 3 rings (SSSR count). The van der Waals surface area contributed by atoms with E-state index in [2.05, 4.69) is 79.9 Å². The molecule has 12 N–H and O–H groups in total. The first-order valence-corrected chi connectivity index (χ1v) is 29.8. The third-order valence-electron chi connectivity index (χ3n) is 14.5. The first-order valence-electron chi connectivity index (χ1n) is 29.8. The molecule has 0 aromatic rings. The van der Waals surface area contributed by atoms with E-state index < -0.39 is 131 Å². The lowest BCUT2D eigenvalue weighted by Crippen LogP contribution is -2.66. The van der Waals surface area contributed by atoms with Gasteiger partial charge in [-0.1, -0.05) is 182 Å². The summed E-state index contributed by atoms with van der Waals surface area (Å²) in [7, 11) is 0. The van der Waals surface area contributed by atoms with E-state index in [-0.39, 0.29) is 12.3 Å². The number of allylic oxidation sites excluding steroid dienone is 13. The van der Waals surface area contributed by atoms with Crippen LogP contribution in [-0.4, -0.2) is 193 Å². The molecule has 0 spiro atoms. The molecule has 0 aromatic heterocycles. The lowest BCUT2D eigenvalue weighted by atomic mass is 9.96. The van der Waals surface area contributed by atoms with E-state index in [0.29, 0.717) is 12.8 Å². The van der Waals surface area contributed by atoms with Crippen molar-refractivity contribution in [3.05, 3.63) is 85.1 Å². The van der Waals surface area contributed by atoms with Crippen molar-refractivity contribution >= 4 is 5.91 Å². The summed E-state index contributed by atoms with van der Waals surface area (Å²) in [6, 6.07) is -1.02. The molecule has 1 amide bonds. The Labute approximate surface area is 476 Å². The van der Waals surface area contributed by atoms with Crippen LogP contribution >= 0.6 is 0 Å². The molecule has 0 radical (unpaired) electrons. The van der Waals surface area contributed by atoms with Crippen LogP contribution in [0, 0.1) is 0 Å². The molecule has 19 nitrogen and oxygen atoms in total. The third kappa shape index (κ3) is 27.1. The number of unbranched alkanes of at least 4 members (excludes halogenated alkanes) is 14. The van der Waals surface area contributed by atoms with Crippen molar-refractivity contribution in [2.24, 2.45) is 0 Å². The molecule has 19 heteroatoms. The van der Waals surface area contributed by atoms with Gasteiger partial charge in [-0.3, -0.25) is 4.79 Å². The fourth-order valence-electron chi connectivity index (χ4n) is 9.56. The highest BCUT2D eigenvalue weighted by Crippen LogP contribution is 2.33. The minimum Gasteiger partial charge on any atom is -0.394 e. The molecule has 80 heavy (non-hydrogen) atoms. The standard InChI is InChI=1S/C61H103NO18/c1-3-5-7-9-11-13-15-17-19-21-22-23-25-27-29-31-33-35-37-39-49(67)62-44(45(66)38-36-34-32-30-28-26-24-20-18-16-14-12-10-8-6-4-2)43-75-59-55(73)52(70)57(47(41-64)77-59)80-61-56(74)53(71)58(48(42-65)78-61)79-60-54(72)51(69)50(68)46(40-63)76-60/h5,7,11,13,17,19,22-23,27,29,33,35-36,38,44-48,50-61,63-66,68-74H,3-4,6,8-10,12,14-16,18,20-21,24-26,28,30-32,34,37,39-43H2,1-2H3,(H,62,67)/b7-5-,13-11-,19-17-,23-22-,29-27-,35-33-,38-36+. The Balaban J connectivity index is 1.54. The monoisotopic (exact) mass is 1140 g/mol. The Hall–Kier alpha value is -3.03. The molecule has 3 aliphatic rings. The summed E-state index contributed by atoms with van der Waals surface area (Å²) in [6.07, 6.45) is 25.7. The number of amides is 1. The Bertz CT molecular complexity index is 1790. The second-order valence-corrected chi connectivity index (χ2v) is 21.1. The molecule has 17 atom stereocenters. The number of ether oxygens (including phenoxy) is 6. The summed E-state index contributed by atoms with van der Waals surface area (Å²) in [4.78, 5) is 13.3. The zero-order valence-electron chi connectivity index (χ0n) is 47.8. The van der Waals surface area contributed by atoms with Gasteiger partial charge in [0.05, 0.1) is 38.6 Å². The van der Waals surface area contributed by atoms with Crippen molar-refractivity contribution in [3.63, 3.8) is 0 Å². The maximum Gasteiger partial charge on any atom is 0.220 e. The molecule has 0 saturated carbocycles. The highest BCUT2D eigenvalue weighted by molar-refractivity contribution is 5.76. The second-order valence-electron chi connectivity index (χ2n) is 21.1. The summed E-state index contributed by atoms with van der Waals surface area (Å²) in [6.45, 7) is 1.53. The van der Waals surface area contributed by atoms with E-state index in [1.165, 1.54) is 70.6 Å². The molecule has 460 valence electrons. The van der Waals surface area contributed by atoms with E-state index in [9.17, 15) is 61.0 Å². The fraction of sp³-hybridized carbons (Fsp3) is 0.754. The van der Waals surface area contributed by atoms with Gasteiger partial charge in [-0.05, 0) is 57.8 Å². The maximum atomic E-state index is 13.3. The highest BCUT2D eigenvalue weighted by Gasteiger charge is 2.53. The van der Waals surface area contributed by atoms with Gasteiger partial charge < -0.3 is 89.9 Å². The average Bonchev–Trinajstić information content (AvgIpc) is 3.50. The normalized spacial score (nSPS) is 30.6. The zero-order chi connectivity index (χ0) is 58.3. The van der Waals surface area contributed by atoms with E-state index in [1.54, 1.807) is 6.08 Å². The minimum atomic E-state index is -1.99. The van der Waals surface area contributed by atoms with E-state index in [0.717, 1.165) is 57.8 Å². The van der Waals surface area contributed by atoms with Gasteiger partial charge in [0.15, 0.2) is 18.9 Å². The number of carbonyl (C=O) groups is 1. The lowest BCUT2D eigenvalue weighted by molar-refractivity contribution is -0.379. The first kappa shape index (κ1) is 71.2. The van der Waals surface area contributed by atoms with E-state index >= 15 is 0 Å². The smallest absolute Gasteiger partial charge is 0.220 e. The summed E-state index contributed by atoms with van der Waals surface area (Å²) in [5.74, 6) is -0.361. The van der Waals surface area contributed by atoms with Crippen LogP contribution < -0.4 is 5.32 Å². The molecular weight excluding hydrogens is 1030 g/mol. The average molecular weight is 1140 g/mol. The van der Waals surface area contributed by atoms with Crippen LogP contribution in [0.25, 0.3) is 0 Å². The van der Waals surface area contributed by atoms with Crippen LogP contribution in [0.4, 0.5) is 0 Å². The predicted octanol–water partition coefficient (Wildman–Crippen LogP) is 5.20. The summed E-state index contributed by atoms with van der Waals surface area (Å²) in [5, 5.41) is 120. The van der Waals surface area contributed by atoms with E-state index in [1.807, 2.05) is 18.2 Å². The van der Waals surface area contributed by atoms with Crippen molar-refractivity contribution in [1.82, 2.24) is 5.32 Å². The summed E-state index contributed by atoms with van der Waals surface area (Å²) < 4.78 is 34.2. The molecule has 17 unspecified atom stereocenters. The Morgan fingerprint density at radius 2 is 0.863 bits per heavy atom. The lowest BCUT2D eigenvalue weighted by Gasteiger charge is -2.48. The van der Waals surface area contributed by atoms with Crippen molar-refractivity contribution in [2.75, 3.05) is 26.4 Å². The largest absolute Gasteiger partial charge is 0.394 e. The van der Waals surface area contributed by atoms with Crippen molar-refractivity contribution in [1.29, 1.82) is 0 Å². The number of hydrogen-bond acceptors (Lipinski definition) is 18. The number of aliphatic hydroxyl groups is 11. The van der Waals surface area contributed by atoms with Gasteiger partial charge in [-0.25, -0.2) is 0 Å². The Kier molecular flexibility index (Phi) is 38.8. The second kappa shape index (κ2) is 43.6. The maximum absolute atomic E-state index is 13.3. The van der Waals surface area contributed by atoms with Crippen molar-refractivity contribution in [2.45, 2.75) is 266 Å². The topological polar surface area (TPSA) is 307 Å². The van der Waals surface area contributed by atoms with Crippen LogP contribution in [0.1, 0.15) is 162 Å². The first-order chi connectivity index (χ1) is 38.8. The molecule has 0 aliphatic carbocycles. The van der Waals surface area contributed by atoms with Crippen LogP contribution in [0.15, 0.2) is 85.1 Å². The van der Waals surface area contributed by atoms with Gasteiger partial charge in [0, 0.05) is 6.42 Å². The number of aliphatic hydroxyl groups excluding tert-OH is 11. The highest BCUT2D eigenvalue weighted by atomic mass is 16.8. The van der Waals surface area contributed by atoms with Gasteiger partial charge >= 0.3 is 0 Å². The van der Waals surface area contributed by atoms with Gasteiger partial charge in [-0.15, -0.1) is 0 Å². The van der Waals surface area contributed by atoms with Crippen LogP contribution in [0.3, 0.4) is 0 Å². The third-order valence-corrected chi connectivity index (χ3v) is 14.5. The van der Waals surface area contributed by atoms with Gasteiger partial charge in [0.2, 0.25) is 5.91 Å². The van der Waals surface area contributed by atoms with Crippen LogP contribution in [0.2, 0.25) is 0 Å². The quantitative estimate of drug-likeness (QED) is 0.0276. The molecule has 3 fully saturated rings.